The summed E-state index contributed by atoms with van der Waals surface area (Å²) in [6.45, 7) is 4.93. The van der Waals surface area contributed by atoms with Gasteiger partial charge in [-0.05, 0) is 36.8 Å². The predicted octanol–water partition coefficient (Wildman–Crippen LogP) is 4.13. The Morgan fingerprint density at radius 1 is 1.37 bits per heavy atom. The van der Waals surface area contributed by atoms with Crippen molar-refractivity contribution in [3.05, 3.63) is 24.0 Å². The zero-order chi connectivity index (χ0) is 19.1. The molecule has 5 nitrogen and oxygen atoms in total. The van der Waals surface area contributed by atoms with Crippen LogP contribution in [0.2, 0.25) is 0 Å². The van der Waals surface area contributed by atoms with Crippen LogP contribution in [0.4, 0.5) is 20.6 Å². The molecule has 150 valence electrons. The Kier molecular flexibility index (Phi) is 7.96. The third-order valence-electron chi connectivity index (χ3n) is 4.69. The van der Waals surface area contributed by atoms with E-state index < -0.39 is 6.09 Å². The fraction of sp³-hybridized carbons (Fsp3) is 0.632. The van der Waals surface area contributed by atoms with Gasteiger partial charge >= 0.3 is 6.09 Å². The molecule has 1 aromatic rings. The molecule has 2 fully saturated rings. The molecule has 1 N–H and O–H groups in total. The topological polar surface area (TPSA) is 44.8 Å². The second-order valence-electron chi connectivity index (χ2n) is 6.76. The number of benzene rings is 1. The minimum atomic E-state index is -0.404. The average Bonchev–Trinajstić information content (AvgIpc) is 2.85. The van der Waals surface area contributed by atoms with Crippen LogP contribution in [0, 0.1) is 5.82 Å². The number of thioether (sulfide) groups is 1. The van der Waals surface area contributed by atoms with Crippen LogP contribution in [0.15, 0.2) is 18.2 Å². The molecule has 2 heterocycles. The van der Waals surface area contributed by atoms with E-state index in [2.05, 4.69) is 16.5 Å². The molecule has 27 heavy (non-hydrogen) atoms. The summed E-state index contributed by atoms with van der Waals surface area (Å²) in [5.41, 5.74) is 1.19. The Morgan fingerprint density at radius 2 is 2.26 bits per heavy atom. The van der Waals surface area contributed by atoms with Gasteiger partial charge in [-0.15, -0.1) is 0 Å². The van der Waals surface area contributed by atoms with Crippen LogP contribution >= 0.6 is 23.7 Å². The van der Waals surface area contributed by atoms with Crippen LogP contribution < -0.4 is 14.5 Å². The second-order valence-corrected chi connectivity index (χ2v) is 8.97. The van der Waals surface area contributed by atoms with Crippen LogP contribution in [0.1, 0.15) is 26.2 Å². The van der Waals surface area contributed by atoms with Gasteiger partial charge in [0.25, 0.3) is 0 Å². The van der Waals surface area contributed by atoms with Gasteiger partial charge < -0.3 is 9.64 Å². The number of carbonyl (C=O) groups excluding carboxylic acids is 1. The Bertz CT molecular complexity index is 627. The van der Waals surface area contributed by atoms with E-state index in [-0.39, 0.29) is 11.9 Å². The van der Waals surface area contributed by atoms with E-state index in [4.69, 9.17) is 4.74 Å². The van der Waals surface area contributed by atoms with Crippen LogP contribution in [-0.4, -0.2) is 55.6 Å². The molecule has 0 bridgehead atoms. The fourth-order valence-electron chi connectivity index (χ4n) is 3.19. The lowest BCUT2D eigenvalue weighted by Crippen LogP contribution is -2.29. The number of hydrogen-bond donors (Lipinski definition) is 1. The number of rotatable bonds is 8. The van der Waals surface area contributed by atoms with E-state index in [9.17, 15) is 9.18 Å². The molecule has 1 atom stereocenters. The smallest absolute Gasteiger partial charge is 0.414 e. The van der Waals surface area contributed by atoms with Gasteiger partial charge in [0.1, 0.15) is 11.9 Å². The molecular formula is C19H28FN3O2S2. The van der Waals surface area contributed by atoms with Crippen molar-refractivity contribution in [1.29, 1.82) is 0 Å². The maximum Gasteiger partial charge on any atom is 0.414 e. The van der Waals surface area contributed by atoms with Gasteiger partial charge in [-0.2, -0.15) is 11.8 Å². The van der Waals surface area contributed by atoms with Crippen molar-refractivity contribution in [3.8, 4) is 0 Å². The van der Waals surface area contributed by atoms with Crippen LogP contribution in [0.5, 0.6) is 0 Å². The molecule has 3 rings (SSSR count). The Morgan fingerprint density at radius 3 is 3.07 bits per heavy atom. The zero-order valence-electron chi connectivity index (χ0n) is 15.8. The van der Waals surface area contributed by atoms with Crippen molar-refractivity contribution in [1.82, 2.24) is 4.72 Å². The van der Waals surface area contributed by atoms with Gasteiger partial charge in [-0.1, -0.05) is 25.3 Å². The van der Waals surface area contributed by atoms with Gasteiger partial charge in [-0.25, -0.2) is 9.18 Å². The second kappa shape index (κ2) is 10.4. The number of nitrogens with one attached hydrogen (secondary N) is 1. The summed E-state index contributed by atoms with van der Waals surface area (Å²) in [4.78, 5) is 15.8. The van der Waals surface area contributed by atoms with E-state index in [1.165, 1.54) is 17.4 Å². The van der Waals surface area contributed by atoms with Gasteiger partial charge in [0, 0.05) is 31.1 Å². The molecule has 1 aromatic carbocycles. The number of nitrogens with zero attached hydrogens (tertiary/aromatic N) is 2. The van der Waals surface area contributed by atoms with Crippen molar-refractivity contribution in [2.24, 2.45) is 0 Å². The number of cyclic esters (lactones) is 1. The Balaban J connectivity index is 1.57. The molecule has 0 spiro atoms. The highest BCUT2D eigenvalue weighted by Gasteiger charge is 2.32. The maximum absolute atomic E-state index is 14.7. The SMILES string of the molecule is CCCCSNC[C@H]1CN(c2ccc(N3CCCSCC3)c(F)c2)C(=O)O1. The summed E-state index contributed by atoms with van der Waals surface area (Å²) < 4.78 is 23.4. The Hall–Kier alpha value is -1.12. The number of amides is 1. The van der Waals surface area contributed by atoms with E-state index in [0.717, 1.165) is 43.2 Å². The van der Waals surface area contributed by atoms with Gasteiger partial charge in [0.05, 0.1) is 17.9 Å². The maximum atomic E-state index is 14.7. The molecule has 1 amide bonds. The normalized spacial score (nSPS) is 20.7. The van der Waals surface area contributed by atoms with Crippen molar-refractivity contribution in [2.75, 3.05) is 53.2 Å². The first kappa shape index (κ1) is 20.6. The molecule has 0 unspecified atom stereocenters. The number of ether oxygens (including phenoxy) is 1. The third kappa shape index (κ3) is 5.68. The first-order chi connectivity index (χ1) is 13.2. The lowest BCUT2D eigenvalue weighted by Gasteiger charge is -2.24. The summed E-state index contributed by atoms with van der Waals surface area (Å²) in [7, 11) is 0. The molecule has 0 saturated carbocycles. The molecule has 8 heteroatoms. The monoisotopic (exact) mass is 413 g/mol. The third-order valence-corrected chi connectivity index (χ3v) is 6.61. The molecular weight excluding hydrogens is 385 g/mol. The standard InChI is InChI=1S/C19H28FN3O2S2/c1-2-3-10-27-21-13-16-14-23(19(24)25-16)15-5-6-18(17(20)12-15)22-7-4-9-26-11-8-22/h5-6,12,16,21H,2-4,7-11,13-14H2,1H3/t16-/m0/s1. The van der Waals surface area contributed by atoms with Crippen LogP contribution in [0.3, 0.4) is 0 Å². The summed E-state index contributed by atoms with van der Waals surface area (Å²) in [5.74, 6) is 2.92. The minimum Gasteiger partial charge on any atom is -0.443 e. The van der Waals surface area contributed by atoms with Crippen molar-refractivity contribution < 1.29 is 13.9 Å². The molecule has 2 saturated heterocycles. The number of carbonyl (C=O) groups is 1. The molecule has 0 aromatic heterocycles. The van der Waals surface area contributed by atoms with Gasteiger partial charge in [-0.3, -0.25) is 9.62 Å². The van der Waals surface area contributed by atoms with Crippen molar-refractivity contribution >= 4 is 41.2 Å². The van der Waals surface area contributed by atoms with Crippen LogP contribution in [0.25, 0.3) is 0 Å². The summed E-state index contributed by atoms with van der Waals surface area (Å²) in [5, 5.41) is 0. The average molecular weight is 414 g/mol. The minimum absolute atomic E-state index is 0.211. The number of unbranched alkanes of at least 4 members (excludes halogenated alkanes) is 1. The zero-order valence-corrected chi connectivity index (χ0v) is 17.4. The van der Waals surface area contributed by atoms with E-state index in [1.807, 2.05) is 17.8 Å². The van der Waals surface area contributed by atoms with Crippen molar-refractivity contribution in [2.45, 2.75) is 32.3 Å². The number of halogens is 1. The predicted molar refractivity (Wildman–Crippen MR) is 114 cm³/mol. The lowest BCUT2D eigenvalue weighted by atomic mass is 10.2. The summed E-state index contributed by atoms with van der Waals surface area (Å²) >= 11 is 3.57. The summed E-state index contributed by atoms with van der Waals surface area (Å²) in [6.07, 6.45) is 2.78. The molecule has 2 aliphatic heterocycles. The van der Waals surface area contributed by atoms with Gasteiger partial charge in [0.2, 0.25) is 0 Å². The largest absolute Gasteiger partial charge is 0.443 e. The quantitative estimate of drug-likeness (QED) is 0.511. The van der Waals surface area contributed by atoms with Gasteiger partial charge in [0.15, 0.2) is 0 Å². The van der Waals surface area contributed by atoms with Crippen LogP contribution in [-0.2, 0) is 4.74 Å². The van der Waals surface area contributed by atoms with E-state index in [1.54, 1.807) is 18.0 Å². The lowest BCUT2D eigenvalue weighted by molar-refractivity contribution is 0.143. The molecule has 2 aliphatic rings. The molecule has 0 radical (unpaired) electrons. The first-order valence-electron chi connectivity index (χ1n) is 9.64. The highest BCUT2D eigenvalue weighted by atomic mass is 32.2. The number of hydrogen-bond acceptors (Lipinski definition) is 6. The first-order valence-corrected chi connectivity index (χ1v) is 11.8. The number of anilines is 2. The highest BCUT2D eigenvalue weighted by molar-refractivity contribution is 7.99. The summed E-state index contributed by atoms with van der Waals surface area (Å²) in [6, 6.07) is 5.07. The Labute approximate surface area is 169 Å². The molecule has 0 aliphatic carbocycles. The van der Waals surface area contributed by atoms with E-state index >= 15 is 0 Å². The highest BCUT2D eigenvalue weighted by Crippen LogP contribution is 2.29. The fourth-order valence-corrected chi connectivity index (χ4v) is 4.95. The van der Waals surface area contributed by atoms with E-state index in [0.29, 0.717) is 24.5 Å². The van der Waals surface area contributed by atoms with Crippen molar-refractivity contribution in [3.63, 3.8) is 0 Å².